The van der Waals surface area contributed by atoms with Crippen LogP contribution in [0.15, 0.2) is 94.9 Å². The van der Waals surface area contributed by atoms with Crippen LogP contribution < -0.4 is 9.47 Å². The summed E-state index contributed by atoms with van der Waals surface area (Å²) >= 11 is 8.18. The Kier molecular flexibility index (Phi) is 11.2. The number of ether oxygens (including phenoxy) is 4. The summed E-state index contributed by atoms with van der Waals surface area (Å²) in [4.78, 5) is 43.6. The molecule has 0 amide bonds. The Bertz CT molecular complexity index is 3120. The van der Waals surface area contributed by atoms with E-state index in [1.54, 1.807) is 36.4 Å². The van der Waals surface area contributed by atoms with Gasteiger partial charge in [0.15, 0.2) is 0 Å². The van der Waals surface area contributed by atoms with Crippen LogP contribution in [0, 0.1) is 45.3 Å². The molecule has 0 unspecified atom stereocenters. The van der Waals surface area contributed by atoms with Crippen molar-refractivity contribution in [3.05, 3.63) is 107 Å². The standard InChI is InChI=1S/C45H24N6O6S6/c1-54-27-13-33(50-25(17-46)18-47)62-37(27)29-15-31-39(58-29)35-41(60-31)42-36(40-32(61-42)16-30(59-40)38-28(55-2)14-34(63-38)51-26(19-48)20-49)45(35,43(52)56-21-23-9-5-3-6-10-23)44(53)57-22-24-11-7-4-8-12-24/h3-16H,21-22H2,1-2H3. The molecule has 2 aromatic carbocycles. The molecule has 0 bridgehead atoms. The van der Waals surface area contributed by atoms with Crippen molar-refractivity contribution in [2.45, 2.75) is 18.6 Å². The molecule has 6 heterocycles. The minimum atomic E-state index is -2.07. The first-order valence-electron chi connectivity index (χ1n) is 18.4. The summed E-state index contributed by atoms with van der Waals surface area (Å²) in [6.07, 6.45) is 0. The van der Waals surface area contributed by atoms with Gasteiger partial charge in [0.05, 0.1) is 52.9 Å². The number of hydrogen-bond acceptors (Lipinski definition) is 18. The predicted octanol–water partition coefficient (Wildman–Crippen LogP) is 11.7. The number of nitriles is 4. The molecule has 0 fully saturated rings. The van der Waals surface area contributed by atoms with Gasteiger partial charge in [0.25, 0.3) is 0 Å². The van der Waals surface area contributed by atoms with Gasteiger partial charge in [-0.25, -0.2) is 9.98 Å². The van der Waals surface area contributed by atoms with Gasteiger partial charge < -0.3 is 18.9 Å². The molecule has 0 spiro atoms. The highest BCUT2D eigenvalue weighted by Gasteiger charge is 2.62. The lowest BCUT2D eigenvalue weighted by Crippen LogP contribution is -2.45. The molecular weight excluding hydrogens is 913 g/mol. The molecule has 1 aliphatic rings. The van der Waals surface area contributed by atoms with Crippen LogP contribution in [0.3, 0.4) is 0 Å². The molecule has 306 valence electrons. The molecule has 0 N–H and O–H groups in total. The van der Waals surface area contributed by atoms with Crippen LogP contribution in [0.5, 0.6) is 11.5 Å². The van der Waals surface area contributed by atoms with Crippen LogP contribution in [0.25, 0.3) is 48.1 Å². The Morgan fingerprint density at radius 2 is 0.952 bits per heavy atom. The molecule has 63 heavy (non-hydrogen) atoms. The van der Waals surface area contributed by atoms with Crippen molar-refractivity contribution in [1.29, 1.82) is 21.0 Å². The Morgan fingerprint density at radius 1 is 0.556 bits per heavy atom. The fraction of sp³-hybridized carbons (Fsp3) is 0.111. The normalized spacial score (nSPS) is 12.0. The maximum absolute atomic E-state index is 15.4. The van der Waals surface area contributed by atoms with Gasteiger partial charge in [-0.1, -0.05) is 60.7 Å². The smallest absolute Gasteiger partial charge is 0.333 e. The van der Waals surface area contributed by atoms with Crippen molar-refractivity contribution in [3.8, 4) is 65.0 Å². The number of rotatable bonds is 12. The zero-order valence-electron chi connectivity index (χ0n) is 32.6. The quantitative estimate of drug-likeness (QED) is 0.0647. The zero-order chi connectivity index (χ0) is 43.8. The Balaban J connectivity index is 1.26. The average Bonchev–Trinajstić information content (AvgIpc) is 4.18. The van der Waals surface area contributed by atoms with Crippen molar-refractivity contribution in [2.24, 2.45) is 9.98 Å². The predicted molar refractivity (Wildman–Crippen MR) is 248 cm³/mol. The van der Waals surface area contributed by atoms with Crippen molar-refractivity contribution in [3.63, 3.8) is 0 Å². The number of esters is 2. The van der Waals surface area contributed by atoms with Gasteiger partial charge in [-0.2, -0.15) is 21.0 Å². The van der Waals surface area contributed by atoms with E-state index in [0.717, 1.165) is 40.0 Å². The third kappa shape index (κ3) is 7.15. The van der Waals surface area contributed by atoms with E-state index in [-0.39, 0.29) is 24.6 Å². The second-order valence-corrected chi connectivity index (χ2v) is 19.7. The van der Waals surface area contributed by atoms with Gasteiger partial charge >= 0.3 is 11.9 Å². The summed E-state index contributed by atoms with van der Waals surface area (Å²) in [6.45, 7) is -0.202. The largest absolute Gasteiger partial charge is 0.495 e. The maximum Gasteiger partial charge on any atom is 0.333 e. The first-order valence-corrected chi connectivity index (χ1v) is 23.3. The topological polar surface area (TPSA) is 191 Å². The summed E-state index contributed by atoms with van der Waals surface area (Å²) in [5.41, 5.74) is -0.238. The number of thiophene rings is 6. The zero-order valence-corrected chi connectivity index (χ0v) is 37.5. The lowest BCUT2D eigenvalue weighted by atomic mass is 9.79. The summed E-state index contributed by atoms with van der Waals surface area (Å²) in [5, 5.41) is 38.3. The summed E-state index contributed by atoms with van der Waals surface area (Å²) in [6, 6.07) is 32.9. The van der Waals surface area contributed by atoms with E-state index in [1.165, 1.54) is 82.2 Å². The Hall–Kier alpha value is -7.00. The van der Waals surface area contributed by atoms with E-state index in [2.05, 4.69) is 9.98 Å². The molecule has 9 rings (SSSR count). The molecule has 18 heteroatoms. The fourth-order valence-corrected chi connectivity index (χ4v) is 15.0. The highest BCUT2D eigenvalue weighted by Crippen LogP contribution is 2.65. The average molecular weight is 937 g/mol. The number of fused-ring (bicyclic) bond motifs is 7. The SMILES string of the molecule is COc1cc(N=C(C#N)C#N)sc1-c1cc2sc3c(c2s1)C(C(=O)OCc1ccccc1)(C(=O)OCc1ccccc1)c1c-3sc2cc(-c3sc(N=C(C#N)C#N)cc3OC)sc12. The Morgan fingerprint density at radius 3 is 1.32 bits per heavy atom. The highest BCUT2D eigenvalue weighted by atomic mass is 32.1. The van der Waals surface area contributed by atoms with Crippen LogP contribution in [0.2, 0.25) is 0 Å². The molecule has 8 aromatic rings. The summed E-state index contributed by atoms with van der Waals surface area (Å²) in [5.74, 6) is -0.607. The molecule has 0 saturated heterocycles. The highest BCUT2D eigenvalue weighted by molar-refractivity contribution is 7.37. The lowest BCUT2D eigenvalue weighted by Gasteiger charge is -2.27. The molecule has 0 atom stereocenters. The van der Waals surface area contributed by atoms with Gasteiger partial charge in [0.2, 0.25) is 16.8 Å². The molecule has 0 saturated carbocycles. The molecule has 12 nitrogen and oxygen atoms in total. The van der Waals surface area contributed by atoms with Gasteiger partial charge in [-0.3, -0.25) is 9.59 Å². The lowest BCUT2D eigenvalue weighted by molar-refractivity contribution is -0.164. The second-order valence-electron chi connectivity index (χ2n) is 13.4. The van der Waals surface area contributed by atoms with Gasteiger partial charge in [0, 0.05) is 32.7 Å². The van der Waals surface area contributed by atoms with Crippen LogP contribution in [0.4, 0.5) is 10.0 Å². The fourth-order valence-electron chi connectivity index (χ4n) is 7.13. The number of carbonyl (C=O) groups is 2. The number of hydrogen-bond donors (Lipinski definition) is 0. The second kappa shape index (κ2) is 17.0. The summed E-state index contributed by atoms with van der Waals surface area (Å²) in [7, 11) is 3.04. The van der Waals surface area contributed by atoms with E-state index in [9.17, 15) is 21.0 Å². The maximum atomic E-state index is 15.4. The minimum absolute atomic E-state index is 0.101. The first-order chi connectivity index (χ1) is 30.7. The van der Waals surface area contributed by atoms with Crippen molar-refractivity contribution >= 4 is 120 Å². The first kappa shape index (κ1) is 41.4. The third-order valence-corrected chi connectivity index (χ3v) is 17.2. The minimum Gasteiger partial charge on any atom is -0.495 e. The van der Waals surface area contributed by atoms with Crippen LogP contribution in [0.1, 0.15) is 22.3 Å². The van der Waals surface area contributed by atoms with Gasteiger partial charge in [0.1, 0.15) is 59.0 Å². The molecule has 6 aromatic heterocycles. The van der Waals surface area contributed by atoms with Crippen molar-refractivity contribution in [2.75, 3.05) is 14.2 Å². The van der Waals surface area contributed by atoms with Crippen LogP contribution in [-0.2, 0) is 37.7 Å². The Labute approximate surface area is 382 Å². The van der Waals surface area contributed by atoms with Gasteiger partial charge in [-0.15, -0.1) is 68.0 Å². The number of nitrogens with zero attached hydrogens (tertiary/aromatic N) is 6. The van der Waals surface area contributed by atoms with E-state index < -0.39 is 17.4 Å². The number of methoxy groups -OCH3 is 2. The molecule has 0 radical (unpaired) electrons. The van der Waals surface area contributed by atoms with E-state index in [1.807, 2.05) is 72.8 Å². The molecule has 0 aliphatic heterocycles. The van der Waals surface area contributed by atoms with Crippen LogP contribution >= 0.6 is 68.0 Å². The van der Waals surface area contributed by atoms with Crippen molar-refractivity contribution in [1.82, 2.24) is 0 Å². The van der Waals surface area contributed by atoms with Crippen molar-refractivity contribution < 1.29 is 28.5 Å². The molecule has 1 aliphatic carbocycles. The third-order valence-electron chi connectivity index (χ3n) is 9.85. The number of benzene rings is 2. The van der Waals surface area contributed by atoms with E-state index in [0.29, 0.717) is 51.8 Å². The van der Waals surface area contributed by atoms with Gasteiger partial charge in [-0.05, 0) is 23.3 Å². The number of aliphatic imine (C=N–C) groups is 2. The van der Waals surface area contributed by atoms with Crippen LogP contribution in [-0.4, -0.2) is 37.6 Å². The number of carbonyl (C=O) groups excluding carboxylic acids is 2. The van der Waals surface area contributed by atoms with E-state index >= 15 is 9.59 Å². The monoisotopic (exact) mass is 936 g/mol. The van der Waals surface area contributed by atoms with E-state index in [4.69, 9.17) is 18.9 Å². The molecular formula is C45H24N6O6S6. The summed E-state index contributed by atoms with van der Waals surface area (Å²) < 4.78 is 26.9.